The van der Waals surface area contributed by atoms with Gasteiger partial charge < -0.3 is 0 Å². The summed E-state index contributed by atoms with van der Waals surface area (Å²) in [5.41, 5.74) is 0. The molecule has 3 heterocycles. The van der Waals surface area contributed by atoms with Gasteiger partial charge in [0, 0.05) is 49.2 Å². The van der Waals surface area contributed by atoms with Crippen molar-refractivity contribution < 1.29 is 0 Å². The number of piperazine rings is 1. The lowest BCUT2D eigenvalue weighted by Crippen LogP contribution is -2.55. The first-order valence-corrected chi connectivity index (χ1v) is 7.99. The van der Waals surface area contributed by atoms with E-state index in [0.29, 0.717) is 12.0 Å². The van der Waals surface area contributed by atoms with Crippen LogP contribution in [-0.4, -0.2) is 53.0 Å². The number of hydrogen-bond acceptors (Lipinski definition) is 4. The van der Waals surface area contributed by atoms with Crippen LogP contribution in [0.4, 0.5) is 0 Å². The Morgan fingerprint density at radius 2 is 2.39 bits per heavy atom. The molecular weight excluding hydrogens is 242 g/mol. The summed E-state index contributed by atoms with van der Waals surface area (Å²) in [5, 5.41) is 3.38. The van der Waals surface area contributed by atoms with Crippen LogP contribution in [0.2, 0.25) is 0 Å². The van der Waals surface area contributed by atoms with Gasteiger partial charge in [-0.15, -0.1) is 11.3 Å². The van der Waals surface area contributed by atoms with Gasteiger partial charge in [-0.2, -0.15) is 0 Å². The van der Waals surface area contributed by atoms with Gasteiger partial charge in [0.15, 0.2) is 0 Å². The van der Waals surface area contributed by atoms with Gasteiger partial charge in [-0.1, -0.05) is 6.92 Å². The molecule has 100 valence electrons. The van der Waals surface area contributed by atoms with Gasteiger partial charge in [-0.25, -0.2) is 4.98 Å². The molecule has 3 nitrogen and oxygen atoms in total. The van der Waals surface area contributed by atoms with Crippen LogP contribution in [0.15, 0.2) is 11.6 Å². The zero-order valence-corrected chi connectivity index (χ0v) is 12.2. The molecule has 18 heavy (non-hydrogen) atoms. The molecule has 1 aromatic rings. The van der Waals surface area contributed by atoms with E-state index in [-0.39, 0.29) is 0 Å². The Labute approximate surface area is 114 Å². The van der Waals surface area contributed by atoms with Crippen LogP contribution in [0.5, 0.6) is 0 Å². The highest BCUT2D eigenvalue weighted by Crippen LogP contribution is 2.27. The SMILES string of the molecule is CC(CN1CC2CCCN2CC1C)c1nccs1. The molecule has 4 heteroatoms. The third-order valence-corrected chi connectivity index (χ3v) is 5.45. The van der Waals surface area contributed by atoms with E-state index in [9.17, 15) is 0 Å². The minimum Gasteiger partial charge on any atom is -0.298 e. The molecular formula is C14H23N3S. The maximum atomic E-state index is 4.45. The Balaban J connectivity index is 1.62. The Morgan fingerprint density at radius 3 is 3.17 bits per heavy atom. The van der Waals surface area contributed by atoms with E-state index >= 15 is 0 Å². The number of rotatable bonds is 3. The topological polar surface area (TPSA) is 19.4 Å². The molecule has 0 aliphatic carbocycles. The fourth-order valence-corrected chi connectivity index (χ4v) is 4.10. The van der Waals surface area contributed by atoms with Gasteiger partial charge in [-0.3, -0.25) is 9.80 Å². The minimum absolute atomic E-state index is 0.570. The van der Waals surface area contributed by atoms with Gasteiger partial charge in [-0.05, 0) is 26.3 Å². The van der Waals surface area contributed by atoms with E-state index in [1.165, 1.54) is 44.0 Å². The Bertz CT molecular complexity index is 378. The van der Waals surface area contributed by atoms with Crippen molar-refractivity contribution in [3.05, 3.63) is 16.6 Å². The first-order valence-electron chi connectivity index (χ1n) is 7.11. The number of aromatic nitrogens is 1. The zero-order chi connectivity index (χ0) is 12.5. The molecule has 3 unspecified atom stereocenters. The molecule has 2 aliphatic rings. The molecule has 0 saturated carbocycles. The first kappa shape index (κ1) is 12.6. The highest BCUT2D eigenvalue weighted by Gasteiger charge is 2.34. The van der Waals surface area contributed by atoms with E-state index in [1.54, 1.807) is 11.3 Å². The van der Waals surface area contributed by atoms with Gasteiger partial charge in [0.05, 0.1) is 5.01 Å². The van der Waals surface area contributed by atoms with E-state index in [1.807, 2.05) is 6.20 Å². The summed E-state index contributed by atoms with van der Waals surface area (Å²) in [6, 6.07) is 1.52. The highest BCUT2D eigenvalue weighted by molar-refractivity contribution is 7.09. The molecule has 0 radical (unpaired) electrons. The van der Waals surface area contributed by atoms with Crippen LogP contribution in [0.25, 0.3) is 0 Å². The summed E-state index contributed by atoms with van der Waals surface area (Å²) >= 11 is 1.79. The molecule has 3 rings (SSSR count). The first-order chi connectivity index (χ1) is 8.74. The maximum absolute atomic E-state index is 4.45. The molecule has 0 aromatic carbocycles. The van der Waals surface area contributed by atoms with E-state index in [0.717, 1.165) is 6.04 Å². The summed E-state index contributed by atoms with van der Waals surface area (Å²) in [6.07, 6.45) is 4.72. The van der Waals surface area contributed by atoms with Crippen LogP contribution in [0, 0.1) is 0 Å². The number of thiazole rings is 1. The monoisotopic (exact) mass is 265 g/mol. The predicted molar refractivity (Wildman–Crippen MR) is 76.2 cm³/mol. The van der Waals surface area contributed by atoms with Crippen molar-refractivity contribution in [1.29, 1.82) is 0 Å². The van der Waals surface area contributed by atoms with Crippen molar-refractivity contribution in [2.24, 2.45) is 0 Å². The molecule has 2 aliphatic heterocycles. The van der Waals surface area contributed by atoms with Crippen molar-refractivity contribution >= 4 is 11.3 Å². The van der Waals surface area contributed by atoms with Crippen LogP contribution in [0.3, 0.4) is 0 Å². The fourth-order valence-electron chi connectivity index (χ4n) is 3.41. The Morgan fingerprint density at radius 1 is 1.50 bits per heavy atom. The van der Waals surface area contributed by atoms with Crippen molar-refractivity contribution in [3.8, 4) is 0 Å². The molecule has 0 N–H and O–H groups in total. The van der Waals surface area contributed by atoms with Gasteiger partial charge in [0.2, 0.25) is 0 Å². The highest BCUT2D eigenvalue weighted by atomic mass is 32.1. The van der Waals surface area contributed by atoms with Crippen molar-refractivity contribution in [2.45, 2.75) is 44.7 Å². The average molecular weight is 265 g/mol. The van der Waals surface area contributed by atoms with E-state index in [2.05, 4.69) is 34.0 Å². The van der Waals surface area contributed by atoms with E-state index < -0.39 is 0 Å². The zero-order valence-electron chi connectivity index (χ0n) is 11.4. The number of hydrogen-bond donors (Lipinski definition) is 0. The summed E-state index contributed by atoms with van der Waals surface area (Å²) in [6.45, 7) is 9.70. The number of fused-ring (bicyclic) bond motifs is 1. The lowest BCUT2D eigenvalue weighted by molar-refractivity contribution is 0.0561. The Hall–Kier alpha value is -0.450. The predicted octanol–water partition coefficient (Wildman–Crippen LogP) is 2.42. The third-order valence-electron chi connectivity index (χ3n) is 4.45. The number of nitrogens with zero attached hydrogens (tertiary/aromatic N) is 3. The van der Waals surface area contributed by atoms with Crippen LogP contribution >= 0.6 is 11.3 Å². The summed E-state index contributed by atoms with van der Waals surface area (Å²) in [4.78, 5) is 9.82. The lowest BCUT2D eigenvalue weighted by atomic mass is 10.1. The van der Waals surface area contributed by atoms with Crippen LogP contribution < -0.4 is 0 Å². The maximum Gasteiger partial charge on any atom is 0.0965 e. The normalized spacial score (nSPS) is 31.4. The van der Waals surface area contributed by atoms with Crippen LogP contribution in [-0.2, 0) is 0 Å². The minimum atomic E-state index is 0.570. The molecule has 0 amide bonds. The van der Waals surface area contributed by atoms with E-state index in [4.69, 9.17) is 0 Å². The Kier molecular flexibility index (Phi) is 3.68. The second-order valence-corrected chi connectivity index (χ2v) is 6.79. The van der Waals surface area contributed by atoms with Crippen LogP contribution in [0.1, 0.15) is 37.6 Å². The second-order valence-electron chi connectivity index (χ2n) is 5.87. The largest absolute Gasteiger partial charge is 0.298 e. The third kappa shape index (κ3) is 2.46. The molecule has 0 bridgehead atoms. The van der Waals surface area contributed by atoms with Crippen molar-refractivity contribution in [1.82, 2.24) is 14.8 Å². The standard InChI is InChI=1S/C14H23N3S/c1-11(14-15-5-7-18-14)8-17-10-13-4-3-6-16(13)9-12(17)2/h5,7,11-13H,3-4,6,8-10H2,1-2H3. The van der Waals surface area contributed by atoms with Gasteiger partial charge >= 0.3 is 0 Å². The molecule has 0 spiro atoms. The summed E-state index contributed by atoms with van der Waals surface area (Å²) in [5.74, 6) is 0.570. The average Bonchev–Trinajstić information content (AvgIpc) is 2.98. The molecule has 1 aromatic heterocycles. The van der Waals surface area contributed by atoms with Gasteiger partial charge in [0.25, 0.3) is 0 Å². The van der Waals surface area contributed by atoms with Crippen molar-refractivity contribution in [2.75, 3.05) is 26.2 Å². The van der Waals surface area contributed by atoms with Gasteiger partial charge in [0.1, 0.15) is 0 Å². The summed E-state index contributed by atoms with van der Waals surface area (Å²) in [7, 11) is 0. The fraction of sp³-hybridized carbons (Fsp3) is 0.786. The quantitative estimate of drug-likeness (QED) is 0.836. The smallest absolute Gasteiger partial charge is 0.0965 e. The molecule has 2 fully saturated rings. The summed E-state index contributed by atoms with van der Waals surface area (Å²) < 4.78 is 0. The molecule has 2 saturated heterocycles. The molecule has 3 atom stereocenters. The lowest BCUT2D eigenvalue weighted by Gasteiger charge is -2.43. The van der Waals surface area contributed by atoms with Crippen molar-refractivity contribution in [3.63, 3.8) is 0 Å². The second kappa shape index (κ2) is 5.27.